The summed E-state index contributed by atoms with van der Waals surface area (Å²) in [5.41, 5.74) is 4.47. The van der Waals surface area contributed by atoms with Crippen molar-refractivity contribution in [2.24, 2.45) is 0 Å². The standard InChI is InChI=1S/C29H32F2N6O2/c1-4-5-21-17(2)35-24-13-34-27-22(26(21)24)9-20(12-33-11-19-7-6-18(10-32)8-23(19)30)28(39)37(27)14-25(38)36-15-29(3,31)16-36/h6-9,33-35H,4-5,11-16H2,1-3H3. The van der Waals surface area contributed by atoms with E-state index in [0.29, 0.717) is 23.5 Å². The number of nitriles is 1. The van der Waals surface area contributed by atoms with Gasteiger partial charge in [-0.3, -0.25) is 14.2 Å². The number of amides is 1. The number of nitrogens with one attached hydrogen (secondary N) is 3. The summed E-state index contributed by atoms with van der Waals surface area (Å²) in [4.78, 5) is 31.6. The number of nitrogens with zero attached hydrogens (tertiary/aromatic N) is 3. The maximum Gasteiger partial charge on any atom is 0.257 e. The second-order valence-electron chi connectivity index (χ2n) is 10.7. The van der Waals surface area contributed by atoms with E-state index in [1.54, 1.807) is 12.1 Å². The average molecular weight is 535 g/mol. The fourth-order valence-corrected chi connectivity index (χ4v) is 5.56. The third-order valence-corrected chi connectivity index (χ3v) is 7.46. The zero-order valence-corrected chi connectivity index (χ0v) is 22.4. The van der Waals surface area contributed by atoms with Crippen LogP contribution in [0.4, 0.5) is 14.6 Å². The number of carbonyl (C=O) groups is 1. The molecule has 2 aliphatic heterocycles. The Labute approximate surface area is 225 Å². The second kappa shape index (κ2) is 10.3. The summed E-state index contributed by atoms with van der Waals surface area (Å²) in [5.74, 6) is -0.237. The van der Waals surface area contributed by atoms with Gasteiger partial charge in [0.1, 0.15) is 23.8 Å². The predicted molar refractivity (Wildman–Crippen MR) is 144 cm³/mol. The van der Waals surface area contributed by atoms with Crippen LogP contribution in [0.25, 0.3) is 11.1 Å². The highest BCUT2D eigenvalue weighted by molar-refractivity contribution is 5.85. The number of fused-ring (bicyclic) bond motifs is 3. The molecule has 0 unspecified atom stereocenters. The Morgan fingerprint density at radius 1 is 1.23 bits per heavy atom. The first-order valence-corrected chi connectivity index (χ1v) is 13.2. The van der Waals surface area contributed by atoms with Gasteiger partial charge >= 0.3 is 0 Å². The minimum absolute atomic E-state index is 0.00933. The van der Waals surface area contributed by atoms with Crippen molar-refractivity contribution in [2.75, 3.05) is 18.4 Å². The molecule has 2 aromatic heterocycles. The fraction of sp³-hybridized carbons (Fsp3) is 0.414. The summed E-state index contributed by atoms with van der Waals surface area (Å²) in [6.45, 7) is 6.22. The SMILES string of the molecule is CCCc1c(C)[nH]c2c1-c1cc(CNCc3ccc(C#N)cc3F)c(=O)n(CC(=O)N3CC(C)(F)C3)c1NC2. The van der Waals surface area contributed by atoms with Crippen molar-refractivity contribution in [1.29, 1.82) is 5.26 Å². The molecule has 2 aliphatic rings. The van der Waals surface area contributed by atoms with Gasteiger partial charge < -0.3 is 20.5 Å². The normalized spacial score (nSPS) is 15.1. The molecule has 0 saturated carbocycles. The zero-order chi connectivity index (χ0) is 27.9. The molecule has 8 nitrogen and oxygen atoms in total. The van der Waals surface area contributed by atoms with Crippen LogP contribution in [0.5, 0.6) is 0 Å². The Bertz CT molecular complexity index is 1540. The number of aromatic nitrogens is 2. The molecule has 1 saturated heterocycles. The molecule has 39 heavy (non-hydrogen) atoms. The zero-order valence-electron chi connectivity index (χ0n) is 22.4. The number of anilines is 1. The van der Waals surface area contributed by atoms with Crippen molar-refractivity contribution < 1.29 is 13.6 Å². The molecule has 4 heterocycles. The maximum atomic E-state index is 14.4. The highest BCUT2D eigenvalue weighted by Crippen LogP contribution is 2.40. The lowest BCUT2D eigenvalue weighted by Crippen LogP contribution is -2.60. The van der Waals surface area contributed by atoms with Gasteiger partial charge in [0.2, 0.25) is 5.91 Å². The topological polar surface area (TPSA) is 106 Å². The van der Waals surface area contributed by atoms with Crippen LogP contribution < -0.4 is 16.2 Å². The summed E-state index contributed by atoms with van der Waals surface area (Å²) in [6.07, 6.45) is 1.82. The van der Waals surface area contributed by atoms with E-state index in [4.69, 9.17) is 5.26 Å². The van der Waals surface area contributed by atoms with Crippen molar-refractivity contribution in [3.8, 4) is 17.2 Å². The van der Waals surface area contributed by atoms with E-state index in [2.05, 4.69) is 22.5 Å². The van der Waals surface area contributed by atoms with Crippen LogP contribution >= 0.6 is 0 Å². The van der Waals surface area contributed by atoms with Crippen molar-refractivity contribution in [2.45, 2.75) is 65.5 Å². The number of halogens is 2. The molecule has 1 amide bonds. The lowest BCUT2D eigenvalue weighted by molar-refractivity contribution is -0.144. The third kappa shape index (κ3) is 5.06. The smallest absolute Gasteiger partial charge is 0.257 e. The number of likely N-dealkylation sites (tertiary alicyclic amines) is 1. The summed E-state index contributed by atoms with van der Waals surface area (Å²) < 4.78 is 29.9. The molecule has 0 radical (unpaired) electrons. The van der Waals surface area contributed by atoms with Gasteiger partial charge in [0.05, 0.1) is 31.3 Å². The van der Waals surface area contributed by atoms with Gasteiger partial charge in [-0.2, -0.15) is 5.26 Å². The highest BCUT2D eigenvalue weighted by Gasteiger charge is 2.41. The largest absolute Gasteiger partial charge is 0.365 e. The van der Waals surface area contributed by atoms with Gasteiger partial charge in [-0.15, -0.1) is 0 Å². The summed E-state index contributed by atoms with van der Waals surface area (Å²) in [7, 11) is 0. The van der Waals surface area contributed by atoms with Crippen LogP contribution in [0.15, 0.2) is 29.1 Å². The molecule has 3 N–H and O–H groups in total. The van der Waals surface area contributed by atoms with Crippen LogP contribution in [0.2, 0.25) is 0 Å². The first-order chi connectivity index (χ1) is 18.6. The van der Waals surface area contributed by atoms with Gasteiger partial charge in [0.15, 0.2) is 0 Å². The number of H-pyrrole nitrogens is 1. The Morgan fingerprint density at radius 2 is 1.97 bits per heavy atom. The van der Waals surface area contributed by atoms with E-state index >= 15 is 0 Å². The molecular weight excluding hydrogens is 502 g/mol. The van der Waals surface area contributed by atoms with Crippen molar-refractivity contribution in [3.63, 3.8) is 0 Å². The quantitative estimate of drug-likeness (QED) is 0.407. The van der Waals surface area contributed by atoms with Gasteiger partial charge in [-0.1, -0.05) is 19.4 Å². The van der Waals surface area contributed by atoms with Crippen molar-refractivity contribution >= 4 is 11.7 Å². The van der Waals surface area contributed by atoms with E-state index in [1.165, 1.54) is 28.0 Å². The first kappa shape index (κ1) is 26.6. The first-order valence-electron chi connectivity index (χ1n) is 13.2. The van der Waals surface area contributed by atoms with Crippen molar-refractivity contribution in [3.05, 3.63) is 74.1 Å². The van der Waals surface area contributed by atoms with Crippen molar-refractivity contribution in [1.82, 2.24) is 19.8 Å². The number of rotatable bonds is 8. The van der Waals surface area contributed by atoms with Crippen LogP contribution in [-0.4, -0.2) is 39.1 Å². The van der Waals surface area contributed by atoms with Crippen LogP contribution in [-0.2, 0) is 37.4 Å². The Morgan fingerprint density at radius 3 is 2.64 bits per heavy atom. The van der Waals surface area contributed by atoms with Gasteiger partial charge in [-0.25, -0.2) is 8.78 Å². The molecule has 0 aliphatic carbocycles. The molecule has 1 aromatic carbocycles. The van der Waals surface area contributed by atoms with E-state index < -0.39 is 11.5 Å². The minimum atomic E-state index is -1.41. The molecule has 5 rings (SSSR count). The number of pyridine rings is 1. The molecule has 0 spiro atoms. The molecule has 10 heteroatoms. The average Bonchev–Trinajstić information content (AvgIpc) is 3.20. The number of hydrogen-bond acceptors (Lipinski definition) is 5. The molecule has 204 valence electrons. The van der Waals surface area contributed by atoms with Gasteiger partial charge in [-0.05, 0) is 44.0 Å². The summed E-state index contributed by atoms with van der Waals surface area (Å²) >= 11 is 0. The number of alkyl halides is 1. The monoisotopic (exact) mass is 534 g/mol. The van der Waals surface area contributed by atoms with Crippen LogP contribution in [0.1, 0.15) is 53.9 Å². The molecule has 0 bridgehead atoms. The Kier molecular flexibility index (Phi) is 7.03. The lowest BCUT2D eigenvalue weighted by Gasteiger charge is -2.42. The van der Waals surface area contributed by atoms with E-state index in [9.17, 15) is 18.4 Å². The number of carbonyl (C=O) groups excluding carboxylic acids is 1. The molecule has 3 aromatic rings. The molecule has 0 atom stereocenters. The lowest BCUT2D eigenvalue weighted by atomic mass is 9.94. The van der Waals surface area contributed by atoms with Gasteiger partial charge in [0.25, 0.3) is 5.56 Å². The maximum absolute atomic E-state index is 14.4. The number of aromatic amines is 1. The van der Waals surface area contributed by atoms with E-state index in [1.807, 2.05) is 19.1 Å². The minimum Gasteiger partial charge on any atom is -0.365 e. The summed E-state index contributed by atoms with van der Waals surface area (Å²) in [6, 6.07) is 8.04. The Hall–Kier alpha value is -3.97. The fourth-order valence-electron chi connectivity index (χ4n) is 5.56. The Balaban J connectivity index is 1.50. The van der Waals surface area contributed by atoms with Crippen LogP contribution in [0, 0.1) is 24.1 Å². The predicted octanol–water partition coefficient (Wildman–Crippen LogP) is 3.90. The third-order valence-electron chi connectivity index (χ3n) is 7.46. The number of aryl methyl sites for hydroxylation is 1. The highest BCUT2D eigenvalue weighted by atomic mass is 19.1. The van der Waals surface area contributed by atoms with Gasteiger partial charge in [0, 0.05) is 46.7 Å². The number of hydrogen-bond donors (Lipinski definition) is 3. The molecule has 1 fully saturated rings. The number of benzene rings is 1. The van der Waals surface area contributed by atoms with E-state index in [-0.39, 0.29) is 49.8 Å². The molecular formula is C29H32F2N6O2. The van der Waals surface area contributed by atoms with E-state index in [0.717, 1.165) is 35.4 Å². The summed E-state index contributed by atoms with van der Waals surface area (Å²) in [5, 5.41) is 15.4. The second-order valence-corrected chi connectivity index (χ2v) is 10.7. The van der Waals surface area contributed by atoms with Crippen LogP contribution in [0.3, 0.4) is 0 Å².